The number of hydrogen-bond acceptors (Lipinski definition) is 4. The van der Waals surface area contributed by atoms with Crippen LogP contribution >= 0.6 is 0 Å². The maximum Gasteiger partial charge on any atom is 0.215 e. The van der Waals surface area contributed by atoms with Crippen molar-refractivity contribution in [3.8, 4) is 0 Å². The van der Waals surface area contributed by atoms with E-state index >= 15 is 0 Å². The van der Waals surface area contributed by atoms with Crippen molar-refractivity contribution in [3.05, 3.63) is 47.0 Å². The first-order valence-corrected chi connectivity index (χ1v) is 10.1. The molecule has 1 aliphatic carbocycles. The summed E-state index contributed by atoms with van der Waals surface area (Å²) in [7, 11) is -3.40. The minimum atomic E-state index is -3.40. The standard InChI is InChI=1S/C17H22N4O2S/c1-2-16-18-17-15(8-5-9-21(17)19-16)20-24(22,23)14-10-12-6-3-4-7-13(12)11-14/h3-4,6-7,14-15,20H,2,5,8-11H2,1H3/t15-/m1/s1. The van der Waals surface area contributed by atoms with E-state index in [1.165, 1.54) is 0 Å². The highest BCUT2D eigenvalue weighted by Crippen LogP contribution is 2.29. The van der Waals surface area contributed by atoms with Gasteiger partial charge in [0.2, 0.25) is 10.0 Å². The van der Waals surface area contributed by atoms with Gasteiger partial charge in [0, 0.05) is 13.0 Å². The molecule has 6 nitrogen and oxygen atoms in total. The molecule has 1 N–H and O–H groups in total. The largest absolute Gasteiger partial charge is 0.248 e. The maximum absolute atomic E-state index is 12.9. The van der Waals surface area contributed by atoms with Crippen molar-refractivity contribution >= 4 is 10.0 Å². The summed E-state index contributed by atoms with van der Waals surface area (Å²) in [5.41, 5.74) is 2.29. The van der Waals surface area contributed by atoms with Gasteiger partial charge in [0.05, 0.1) is 11.3 Å². The van der Waals surface area contributed by atoms with E-state index in [0.717, 1.165) is 48.6 Å². The zero-order valence-electron chi connectivity index (χ0n) is 13.8. The van der Waals surface area contributed by atoms with Gasteiger partial charge in [-0.3, -0.25) is 0 Å². The molecule has 0 bridgehead atoms. The topological polar surface area (TPSA) is 76.9 Å². The average molecular weight is 346 g/mol. The lowest BCUT2D eigenvalue weighted by atomic mass is 10.1. The number of nitrogens with zero attached hydrogens (tertiary/aromatic N) is 3. The Morgan fingerprint density at radius 2 is 1.96 bits per heavy atom. The van der Waals surface area contributed by atoms with E-state index < -0.39 is 10.0 Å². The van der Waals surface area contributed by atoms with Crippen molar-refractivity contribution in [2.45, 2.75) is 56.9 Å². The molecule has 2 heterocycles. The normalized spacial score (nSPS) is 20.8. The van der Waals surface area contributed by atoms with Crippen LogP contribution in [0.4, 0.5) is 0 Å². The fourth-order valence-corrected chi connectivity index (χ4v) is 5.30. The molecular formula is C17H22N4O2S. The molecular weight excluding hydrogens is 324 g/mol. The van der Waals surface area contributed by atoms with Crippen LogP contribution in [-0.4, -0.2) is 28.4 Å². The van der Waals surface area contributed by atoms with E-state index in [-0.39, 0.29) is 11.3 Å². The predicted molar refractivity (Wildman–Crippen MR) is 91.1 cm³/mol. The van der Waals surface area contributed by atoms with Gasteiger partial charge < -0.3 is 0 Å². The molecule has 1 aromatic carbocycles. The Bertz CT molecular complexity index is 834. The van der Waals surface area contributed by atoms with Gasteiger partial charge >= 0.3 is 0 Å². The van der Waals surface area contributed by atoms with Crippen LogP contribution in [0.25, 0.3) is 0 Å². The zero-order chi connectivity index (χ0) is 16.7. The van der Waals surface area contributed by atoms with Crippen molar-refractivity contribution in [1.29, 1.82) is 0 Å². The first kappa shape index (κ1) is 15.8. The maximum atomic E-state index is 12.9. The molecule has 0 saturated heterocycles. The molecule has 1 aliphatic heterocycles. The Balaban J connectivity index is 1.55. The minimum absolute atomic E-state index is 0.264. The van der Waals surface area contributed by atoms with Crippen molar-refractivity contribution < 1.29 is 8.42 Å². The van der Waals surface area contributed by atoms with Gasteiger partial charge in [0.25, 0.3) is 0 Å². The average Bonchev–Trinajstić information content (AvgIpc) is 3.19. The second-order valence-corrected chi connectivity index (χ2v) is 8.61. The summed E-state index contributed by atoms with van der Waals surface area (Å²) in [4.78, 5) is 4.53. The third-order valence-electron chi connectivity index (χ3n) is 4.99. The number of aromatic nitrogens is 3. The van der Waals surface area contributed by atoms with Crippen molar-refractivity contribution in [2.24, 2.45) is 0 Å². The molecule has 1 atom stereocenters. The molecule has 7 heteroatoms. The molecule has 0 radical (unpaired) electrons. The highest BCUT2D eigenvalue weighted by atomic mass is 32.2. The van der Waals surface area contributed by atoms with E-state index in [4.69, 9.17) is 0 Å². The molecule has 0 saturated carbocycles. The van der Waals surface area contributed by atoms with Gasteiger partial charge in [0.15, 0.2) is 5.82 Å². The number of sulfonamides is 1. The van der Waals surface area contributed by atoms with E-state index in [2.05, 4.69) is 14.8 Å². The molecule has 0 spiro atoms. The third-order valence-corrected chi connectivity index (χ3v) is 6.82. The van der Waals surface area contributed by atoms with Crippen LogP contribution in [0.5, 0.6) is 0 Å². The predicted octanol–water partition coefficient (Wildman–Crippen LogP) is 1.76. The second-order valence-electron chi connectivity index (χ2n) is 6.62. The Kier molecular flexibility index (Phi) is 3.92. The number of benzene rings is 1. The molecule has 0 amide bonds. The molecule has 1 aromatic heterocycles. The summed E-state index contributed by atoms with van der Waals surface area (Å²) in [6.45, 7) is 2.83. The van der Waals surface area contributed by atoms with Gasteiger partial charge in [-0.05, 0) is 36.8 Å². The fraction of sp³-hybridized carbons (Fsp3) is 0.529. The molecule has 2 aliphatic rings. The summed E-state index contributed by atoms with van der Waals surface area (Å²) in [6.07, 6.45) is 3.63. The van der Waals surface area contributed by atoms with Crippen molar-refractivity contribution in [1.82, 2.24) is 19.5 Å². The number of fused-ring (bicyclic) bond motifs is 2. The zero-order valence-corrected chi connectivity index (χ0v) is 14.6. The van der Waals surface area contributed by atoms with Gasteiger partial charge in [-0.1, -0.05) is 31.2 Å². The molecule has 4 rings (SSSR count). The summed E-state index contributed by atoms with van der Waals surface area (Å²) < 4.78 is 30.5. The summed E-state index contributed by atoms with van der Waals surface area (Å²) >= 11 is 0. The van der Waals surface area contributed by atoms with Crippen LogP contribution in [-0.2, 0) is 35.8 Å². The Morgan fingerprint density at radius 1 is 1.25 bits per heavy atom. The van der Waals surface area contributed by atoms with Crippen LogP contribution in [0.15, 0.2) is 24.3 Å². The molecule has 0 fully saturated rings. The van der Waals surface area contributed by atoms with Crippen LogP contribution < -0.4 is 4.72 Å². The van der Waals surface area contributed by atoms with E-state index in [1.54, 1.807) is 0 Å². The Hall–Kier alpha value is -1.73. The number of aryl methyl sites for hydroxylation is 2. The molecule has 128 valence electrons. The van der Waals surface area contributed by atoms with Crippen LogP contribution in [0.1, 0.15) is 48.6 Å². The van der Waals surface area contributed by atoms with E-state index in [0.29, 0.717) is 12.8 Å². The van der Waals surface area contributed by atoms with Crippen LogP contribution in [0.2, 0.25) is 0 Å². The monoisotopic (exact) mass is 346 g/mol. The van der Waals surface area contributed by atoms with Crippen molar-refractivity contribution in [2.75, 3.05) is 0 Å². The first-order valence-electron chi connectivity index (χ1n) is 8.58. The lowest BCUT2D eigenvalue weighted by Gasteiger charge is -2.24. The molecule has 0 unspecified atom stereocenters. The van der Waals surface area contributed by atoms with Crippen molar-refractivity contribution in [3.63, 3.8) is 0 Å². The second kappa shape index (κ2) is 5.97. The van der Waals surface area contributed by atoms with Crippen LogP contribution in [0.3, 0.4) is 0 Å². The highest BCUT2D eigenvalue weighted by Gasteiger charge is 2.35. The lowest BCUT2D eigenvalue weighted by Crippen LogP contribution is -2.39. The number of rotatable bonds is 4. The highest BCUT2D eigenvalue weighted by molar-refractivity contribution is 7.90. The number of nitrogens with one attached hydrogen (secondary N) is 1. The summed E-state index contributed by atoms with van der Waals surface area (Å²) in [5, 5.41) is 4.06. The Morgan fingerprint density at radius 3 is 2.62 bits per heavy atom. The SMILES string of the molecule is CCc1nc2n(n1)CCC[C@H]2NS(=O)(=O)C1Cc2ccccc2C1. The third kappa shape index (κ3) is 2.75. The van der Waals surface area contributed by atoms with Crippen LogP contribution in [0, 0.1) is 0 Å². The quantitative estimate of drug-likeness (QED) is 0.915. The first-order chi connectivity index (χ1) is 11.6. The minimum Gasteiger partial charge on any atom is -0.248 e. The smallest absolute Gasteiger partial charge is 0.215 e. The van der Waals surface area contributed by atoms with Gasteiger partial charge in [-0.2, -0.15) is 5.10 Å². The fourth-order valence-electron chi connectivity index (χ4n) is 3.69. The lowest BCUT2D eigenvalue weighted by molar-refractivity contribution is 0.398. The van der Waals surface area contributed by atoms with Gasteiger partial charge in [-0.25, -0.2) is 22.8 Å². The van der Waals surface area contributed by atoms with E-state index in [1.807, 2.05) is 35.9 Å². The summed E-state index contributed by atoms with van der Waals surface area (Å²) in [5.74, 6) is 1.54. The van der Waals surface area contributed by atoms with E-state index in [9.17, 15) is 8.42 Å². The molecule has 24 heavy (non-hydrogen) atoms. The number of hydrogen-bond donors (Lipinski definition) is 1. The van der Waals surface area contributed by atoms with Gasteiger partial charge in [-0.15, -0.1) is 0 Å². The summed E-state index contributed by atoms with van der Waals surface area (Å²) in [6, 6.07) is 7.72. The molecule has 2 aromatic rings. The Labute approximate surface area is 142 Å². The van der Waals surface area contributed by atoms with Gasteiger partial charge in [0.1, 0.15) is 5.82 Å².